The van der Waals surface area contributed by atoms with Crippen molar-refractivity contribution in [2.45, 2.75) is 25.3 Å². The summed E-state index contributed by atoms with van der Waals surface area (Å²) in [6, 6.07) is 2.74. The van der Waals surface area contributed by atoms with Crippen molar-refractivity contribution in [1.29, 1.82) is 0 Å². The minimum Gasteiger partial charge on any atom is -0.493 e. The Balaban J connectivity index is 1.92. The molecule has 2 heterocycles. The average molecular weight is 306 g/mol. The van der Waals surface area contributed by atoms with Crippen molar-refractivity contribution < 1.29 is 14.2 Å². The van der Waals surface area contributed by atoms with Crippen LogP contribution in [0.2, 0.25) is 0 Å². The van der Waals surface area contributed by atoms with E-state index in [4.69, 9.17) is 14.2 Å². The second kappa shape index (κ2) is 6.24. The van der Waals surface area contributed by atoms with Crippen molar-refractivity contribution in [3.63, 3.8) is 0 Å². The highest BCUT2D eigenvalue weighted by molar-refractivity contribution is 5.72. The van der Waals surface area contributed by atoms with Gasteiger partial charge in [0, 0.05) is 36.4 Å². The summed E-state index contributed by atoms with van der Waals surface area (Å²) in [7, 11) is 7.26. The lowest BCUT2D eigenvalue weighted by molar-refractivity contribution is 0.312. The summed E-state index contributed by atoms with van der Waals surface area (Å²) < 4.78 is 16.6. The molecule has 5 nitrogen and oxygen atoms in total. The van der Waals surface area contributed by atoms with Gasteiger partial charge in [0.25, 0.3) is 0 Å². The number of rotatable bonds is 5. The maximum Gasteiger partial charge on any atom is 0.203 e. The lowest BCUT2D eigenvalue weighted by Crippen LogP contribution is -2.37. The van der Waals surface area contributed by atoms with Gasteiger partial charge in [-0.15, -0.1) is 0 Å². The van der Waals surface area contributed by atoms with Gasteiger partial charge in [-0.25, -0.2) is 0 Å². The fourth-order valence-corrected chi connectivity index (χ4v) is 3.75. The SMILES string of the molecule is COc1cc2c(c(OC)c1OC)CCN2C[C@H]1CCCN1C. The van der Waals surface area contributed by atoms with E-state index in [0.29, 0.717) is 11.8 Å². The van der Waals surface area contributed by atoms with Crippen molar-refractivity contribution in [3.05, 3.63) is 11.6 Å². The second-order valence-electron chi connectivity index (χ2n) is 6.12. The zero-order valence-corrected chi connectivity index (χ0v) is 14.0. The highest BCUT2D eigenvalue weighted by Crippen LogP contribution is 2.47. The van der Waals surface area contributed by atoms with Crippen LogP contribution in [-0.2, 0) is 6.42 Å². The summed E-state index contributed by atoms with van der Waals surface area (Å²) >= 11 is 0. The Morgan fingerprint density at radius 3 is 2.45 bits per heavy atom. The van der Waals surface area contributed by atoms with Gasteiger partial charge in [-0.05, 0) is 32.9 Å². The van der Waals surface area contributed by atoms with E-state index in [1.54, 1.807) is 21.3 Å². The third-order valence-corrected chi connectivity index (χ3v) is 4.98. The molecule has 1 saturated heterocycles. The Kier molecular flexibility index (Phi) is 4.34. The Labute approximate surface area is 132 Å². The van der Waals surface area contributed by atoms with Gasteiger partial charge in [0.2, 0.25) is 5.75 Å². The van der Waals surface area contributed by atoms with E-state index in [-0.39, 0.29) is 0 Å². The molecule has 5 heteroatoms. The van der Waals surface area contributed by atoms with E-state index in [9.17, 15) is 0 Å². The van der Waals surface area contributed by atoms with Crippen LogP contribution in [0.15, 0.2) is 6.07 Å². The normalized spacial score (nSPS) is 21.1. The van der Waals surface area contributed by atoms with Gasteiger partial charge in [-0.3, -0.25) is 0 Å². The molecule has 122 valence electrons. The molecule has 0 spiro atoms. The number of likely N-dealkylation sites (N-methyl/N-ethyl adjacent to an activating group) is 1. The van der Waals surface area contributed by atoms with Crippen molar-refractivity contribution in [2.75, 3.05) is 52.9 Å². The van der Waals surface area contributed by atoms with E-state index in [1.807, 2.05) is 0 Å². The molecule has 1 aromatic rings. The van der Waals surface area contributed by atoms with Crippen LogP contribution < -0.4 is 19.1 Å². The Morgan fingerprint density at radius 2 is 1.86 bits per heavy atom. The smallest absolute Gasteiger partial charge is 0.203 e. The van der Waals surface area contributed by atoms with Crippen LogP contribution in [0.4, 0.5) is 5.69 Å². The van der Waals surface area contributed by atoms with E-state index in [2.05, 4.69) is 22.9 Å². The third kappa shape index (κ3) is 2.47. The number of hydrogen-bond acceptors (Lipinski definition) is 5. The molecular weight excluding hydrogens is 280 g/mol. The van der Waals surface area contributed by atoms with Gasteiger partial charge in [0.05, 0.1) is 21.3 Å². The molecule has 0 amide bonds. The number of nitrogens with zero attached hydrogens (tertiary/aromatic N) is 2. The topological polar surface area (TPSA) is 34.2 Å². The van der Waals surface area contributed by atoms with Crippen molar-refractivity contribution in [1.82, 2.24) is 4.90 Å². The van der Waals surface area contributed by atoms with Crippen molar-refractivity contribution in [2.24, 2.45) is 0 Å². The van der Waals surface area contributed by atoms with E-state index in [0.717, 1.165) is 31.0 Å². The van der Waals surface area contributed by atoms with Crippen LogP contribution in [0.3, 0.4) is 0 Å². The number of methoxy groups -OCH3 is 3. The van der Waals surface area contributed by atoms with E-state index >= 15 is 0 Å². The summed E-state index contributed by atoms with van der Waals surface area (Å²) in [6.45, 7) is 3.31. The first kappa shape index (κ1) is 15.3. The molecule has 0 unspecified atom stereocenters. The molecular formula is C17H26N2O3. The zero-order valence-electron chi connectivity index (χ0n) is 14.0. The van der Waals surface area contributed by atoms with Crippen LogP contribution >= 0.6 is 0 Å². The van der Waals surface area contributed by atoms with Gasteiger partial charge >= 0.3 is 0 Å². The molecule has 1 fully saturated rings. The van der Waals surface area contributed by atoms with Gasteiger partial charge in [-0.1, -0.05) is 0 Å². The number of hydrogen-bond donors (Lipinski definition) is 0. The number of benzene rings is 1. The molecule has 0 bridgehead atoms. The molecule has 0 aliphatic carbocycles. The Morgan fingerprint density at radius 1 is 1.09 bits per heavy atom. The zero-order chi connectivity index (χ0) is 15.7. The molecule has 0 saturated carbocycles. The molecule has 1 aromatic carbocycles. The maximum absolute atomic E-state index is 5.62. The molecule has 2 aliphatic rings. The lowest BCUT2D eigenvalue weighted by Gasteiger charge is -2.28. The summed E-state index contributed by atoms with van der Waals surface area (Å²) in [5, 5.41) is 0. The summed E-state index contributed by atoms with van der Waals surface area (Å²) in [5.41, 5.74) is 2.47. The fraction of sp³-hybridized carbons (Fsp3) is 0.647. The summed E-state index contributed by atoms with van der Waals surface area (Å²) in [6.07, 6.45) is 3.58. The van der Waals surface area contributed by atoms with Crippen LogP contribution in [-0.4, -0.2) is 59.0 Å². The quantitative estimate of drug-likeness (QED) is 0.833. The van der Waals surface area contributed by atoms with Crippen LogP contribution in [0.25, 0.3) is 0 Å². The second-order valence-corrected chi connectivity index (χ2v) is 6.12. The van der Waals surface area contributed by atoms with Gasteiger partial charge in [0.15, 0.2) is 11.5 Å². The summed E-state index contributed by atoms with van der Waals surface area (Å²) in [4.78, 5) is 4.93. The standard InChI is InChI=1S/C17H26N2O3/c1-18-8-5-6-12(18)11-19-9-7-13-14(19)10-15(20-2)17(22-4)16(13)21-3/h10,12H,5-9,11H2,1-4H3/t12-/m1/s1. The predicted octanol–water partition coefficient (Wildman–Crippen LogP) is 2.17. The fourth-order valence-electron chi connectivity index (χ4n) is 3.75. The third-order valence-electron chi connectivity index (χ3n) is 4.98. The molecule has 0 radical (unpaired) electrons. The minimum atomic E-state index is 0.644. The Hall–Kier alpha value is -1.62. The Bertz CT molecular complexity index is 547. The number of ether oxygens (including phenoxy) is 3. The molecule has 0 aromatic heterocycles. The first-order valence-corrected chi connectivity index (χ1v) is 7.96. The van der Waals surface area contributed by atoms with E-state index < -0.39 is 0 Å². The highest BCUT2D eigenvalue weighted by atomic mass is 16.5. The van der Waals surface area contributed by atoms with Gasteiger partial charge < -0.3 is 24.0 Å². The van der Waals surface area contributed by atoms with Gasteiger partial charge in [0.1, 0.15) is 0 Å². The molecule has 0 N–H and O–H groups in total. The first-order chi connectivity index (χ1) is 10.7. The van der Waals surface area contributed by atoms with Crippen molar-refractivity contribution in [3.8, 4) is 17.2 Å². The number of likely N-dealkylation sites (tertiary alicyclic amines) is 1. The van der Waals surface area contributed by atoms with Crippen LogP contribution in [0.5, 0.6) is 17.2 Å². The largest absolute Gasteiger partial charge is 0.493 e. The number of fused-ring (bicyclic) bond motifs is 1. The molecule has 1 atom stereocenters. The minimum absolute atomic E-state index is 0.644. The summed E-state index contributed by atoms with van der Waals surface area (Å²) in [5.74, 6) is 2.26. The first-order valence-electron chi connectivity index (χ1n) is 7.96. The molecule has 2 aliphatic heterocycles. The van der Waals surface area contributed by atoms with Crippen molar-refractivity contribution >= 4 is 5.69 Å². The molecule has 22 heavy (non-hydrogen) atoms. The van der Waals surface area contributed by atoms with Crippen LogP contribution in [0.1, 0.15) is 18.4 Å². The molecule has 3 rings (SSSR count). The highest BCUT2D eigenvalue weighted by Gasteiger charge is 2.31. The van der Waals surface area contributed by atoms with Crippen LogP contribution in [0, 0.1) is 0 Å². The lowest BCUT2D eigenvalue weighted by atomic mass is 10.1. The number of anilines is 1. The maximum atomic E-state index is 5.62. The van der Waals surface area contributed by atoms with E-state index in [1.165, 1.54) is 30.6 Å². The average Bonchev–Trinajstić information content (AvgIpc) is 3.12. The van der Waals surface area contributed by atoms with Gasteiger partial charge in [-0.2, -0.15) is 0 Å². The monoisotopic (exact) mass is 306 g/mol. The predicted molar refractivity (Wildman–Crippen MR) is 87.7 cm³/mol.